The van der Waals surface area contributed by atoms with E-state index < -0.39 is 6.10 Å². The Morgan fingerprint density at radius 1 is 1.44 bits per heavy atom. The molecule has 3 rings (SSSR count). The maximum absolute atomic E-state index is 11.6. The molecule has 7 heteroatoms. The number of imidazole rings is 1. The lowest BCUT2D eigenvalue weighted by atomic mass is 10.1. The van der Waals surface area contributed by atoms with Gasteiger partial charge in [0.15, 0.2) is 0 Å². The number of aliphatic hydroxyl groups excluding tert-OH is 1. The Balaban J connectivity index is 1.66. The molecule has 0 aliphatic carbocycles. The van der Waals surface area contributed by atoms with E-state index in [1.807, 2.05) is 28.8 Å². The monoisotopic (exact) mass is 342 g/mol. The van der Waals surface area contributed by atoms with Crippen LogP contribution in [-0.4, -0.2) is 40.1 Å². The van der Waals surface area contributed by atoms with E-state index in [0.717, 1.165) is 23.4 Å². The van der Waals surface area contributed by atoms with Gasteiger partial charge in [-0.2, -0.15) is 0 Å². The summed E-state index contributed by atoms with van der Waals surface area (Å²) in [5.41, 5.74) is 2.70. The second kappa shape index (κ2) is 7.94. The number of anilines is 1. The number of hydrogen-bond acceptors (Lipinski definition) is 6. The first-order chi connectivity index (χ1) is 12.2. The van der Waals surface area contributed by atoms with Crippen LogP contribution in [-0.2, 0) is 28.9 Å². The SMILES string of the molecule is CCOC(=O)Cc1cccc(CCn2cnc3c2NC=NCC3O)c1. The Kier molecular flexibility index (Phi) is 5.45. The lowest BCUT2D eigenvalue weighted by Crippen LogP contribution is -2.09. The zero-order chi connectivity index (χ0) is 17.6. The van der Waals surface area contributed by atoms with E-state index in [1.54, 1.807) is 19.6 Å². The summed E-state index contributed by atoms with van der Waals surface area (Å²) >= 11 is 0. The number of aliphatic imine (C=N–C) groups is 1. The van der Waals surface area contributed by atoms with E-state index in [-0.39, 0.29) is 12.4 Å². The highest BCUT2D eigenvalue weighted by Gasteiger charge is 2.19. The lowest BCUT2D eigenvalue weighted by molar-refractivity contribution is -0.142. The minimum atomic E-state index is -0.685. The van der Waals surface area contributed by atoms with Crippen LogP contribution in [0.1, 0.15) is 29.8 Å². The van der Waals surface area contributed by atoms with Gasteiger partial charge in [0, 0.05) is 6.54 Å². The molecular formula is C18H22N4O3. The maximum Gasteiger partial charge on any atom is 0.310 e. The first-order valence-corrected chi connectivity index (χ1v) is 8.38. The average Bonchev–Trinajstić information content (AvgIpc) is 2.91. The number of ether oxygens (including phenoxy) is 1. The molecule has 1 unspecified atom stereocenters. The van der Waals surface area contributed by atoms with E-state index in [9.17, 15) is 9.90 Å². The van der Waals surface area contributed by atoms with Crippen molar-refractivity contribution in [3.05, 3.63) is 47.4 Å². The van der Waals surface area contributed by atoms with Gasteiger partial charge in [-0.3, -0.25) is 9.79 Å². The Labute approximate surface area is 146 Å². The number of hydrogen-bond donors (Lipinski definition) is 2. The van der Waals surface area contributed by atoms with Crippen LogP contribution in [0.4, 0.5) is 5.82 Å². The van der Waals surface area contributed by atoms with Gasteiger partial charge < -0.3 is 19.7 Å². The van der Waals surface area contributed by atoms with Crippen LogP contribution in [0.15, 0.2) is 35.6 Å². The summed E-state index contributed by atoms with van der Waals surface area (Å²) in [6, 6.07) is 7.94. The third kappa shape index (κ3) is 4.24. The van der Waals surface area contributed by atoms with Gasteiger partial charge in [-0.05, 0) is 24.5 Å². The molecule has 0 amide bonds. The van der Waals surface area contributed by atoms with Crippen molar-refractivity contribution in [1.29, 1.82) is 0 Å². The van der Waals surface area contributed by atoms with Gasteiger partial charge in [0.1, 0.15) is 17.6 Å². The van der Waals surface area contributed by atoms with Crippen LogP contribution in [0.3, 0.4) is 0 Å². The number of nitrogens with one attached hydrogen (secondary N) is 1. The summed E-state index contributed by atoms with van der Waals surface area (Å²) in [6.07, 6.45) is 3.70. The average molecular weight is 342 g/mol. The van der Waals surface area contributed by atoms with Crippen molar-refractivity contribution in [2.45, 2.75) is 32.4 Å². The number of aliphatic hydroxyl groups is 1. The molecule has 25 heavy (non-hydrogen) atoms. The van der Waals surface area contributed by atoms with Gasteiger partial charge in [0.25, 0.3) is 0 Å². The van der Waals surface area contributed by atoms with E-state index in [0.29, 0.717) is 25.4 Å². The zero-order valence-electron chi connectivity index (χ0n) is 14.2. The summed E-state index contributed by atoms with van der Waals surface area (Å²) in [4.78, 5) is 20.0. The topological polar surface area (TPSA) is 88.7 Å². The molecule has 0 bridgehead atoms. The van der Waals surface area contributed by atoms with Crippen LogP contribution < -0.4 is 5.32 Å². The molecule has 1 aliphatic heterocycles. The molecule has 1 atom stereocenters. The van der Waals surface area contributed by atoms with Crippen molar-refractivity contribution in [2.24, 2.45) is 4.99 Å². The third-order valence-corrected chi connectivity index (χ3v) is 4.04. The molecule has 0 fully saturated rings. The second-order valence-electron chi connectivity index (χ2n) is 5.88. The van der Waals surface area contributed by atoms with Gasteiger partial charge in [0.05, 0.1) is 32.2 Å². The largest absolute Gasteiger partial charge is 0.466 e. The summed E-state index contributed by atoms with van der Waals surface area (Å²) in [7, 11) is 0. The number of fused-ring (bicyclic) bond motifs is 1. The van der Waals surface area contributed by atoms with Crippen LogP contribution in [0.25, 0.3) is 0 Å². The van der Waals surface area contributed by atoms with Gasteiger partial charge >= 0.3 is 5.97 Å². The molecule has 0 radical (unpaired) electrons. The lowest BCUT2D eigenvalue weighted by Gasteiger charge is -2.10. The van der Waals surface area contributed by atoms with Crippen LogP contribution in [0.5, 0.6) is 0 Å². The third-order valence-electron chi connectivity index (χ3n) is 4.04. The molecule has 1 aliphatic rings. The maximum atomic E-state index is 11.6. The summed E-state index contributed by atoms with van der Waals surface area (Å²) in [5.74, 6) is 0.563. The summed E-state index contributed by atoms with van der Waals surface area (Å²) in [5, 5.41) is 13.1. The predicted molar refractivity (Wildman–Crippen MR) is 94.7 cm³/mol. The van der Waals surface area contributed by atoms with Gasteiger partial charge in [-0.25, -0.2) is 4.98 Å². The van der Waals surface area contributed by atoms with Crippen molar-refractivity contribution >= 4 is 18.1 Å². The van der Waals surface area contributed by atoms with Crippen molar-refractivity contribution in [1.82, 2.24) is 9.55 Å². The Hall–Kier alpha value is -2.67. The van der Waals surface area contributed by atoms with Crippen LogP contribution in [0, 0.1) is 0 Å². The minimum absolute atomic E-state index is 0.211. The Morgan fingerprint density at radius 3 is 3.12 bits per heavy atom. The minimum Gasteiger partial charge on any atom is -0.466 e. The molecule has 2 aromatic rings. The standard InChI is InChI=1S/C18H22N4O3/c1-2-25-16(24)9-14-5-3-4-13(8-14)6-7-22-12-21-17-15(23)10-19-11-20-18(17)22/h3-5,8,11-12,15,23H,2,6-7,9-10H2,1H3,(H,19,20). The molecule has 7 nitrogen and oxygen atoms in total. The molecule has 1 aromatic heterocycles. The van der Waals surface area contributed by atoms with Crippen LogP contribution in [0.2, 0.25) is 0 Å². The molecule has 2 heterocycles. The highest BCUT2D eigenvalue weighted by molar-refractivity contribution is 5.76. The van der Waals surface area contributed by atoms with Crippen molar-refractivity contribution in [3.63, 3.8) is 0 Å². The Morgan fingerprint density at radius 2 is 2.28 bits per heavy atom. The smallest absolute Gasteiger partial charge is 0.310 e. The first kappa shape index (κ1) is 17.2. The number of benzene rings is 1. The number of aromatic nitrogens is 2. The molecule has 0 saturated carbocycles. The quantitative estimate of drug-likeness (QED) is 0.780. The number of carbonyl (C=O) groups excluding carboxylic acids is 1. The van der Waals surface area contributed by atoms with Crippen LogP contribution >= 0.6 is 0 Å². The van der Waals surface area contributed by atoms with E-state index in [4.69, 9.17) is 4.74 Å². The fourth-order valence-electron chi connectivity index (χ4n) is 2.84. The number of rotatable bonds is 6. The molecule has 1 aromatic carbocycles. The first-order valence-electron chi connectivity index (χ1n) is 8.38. The van der Waals surface area contributed by atoms with E-state index >= 15 is 0 Å². The fraction of sp³-hybridized carbons (Fsp3) is 0.389. The highest BCUT2D eigenvalue weighted by atomic mass is 16.5. The van der Waals surface area contributed by atoms with Crippen molar-refractivity contribution in [3.8, 4) is 0 Å². The van der Waals surface area contributed by atoms with E-state index in [1.165, 1.54) is 0 Å². The highest BCUT2D eigenvalue weighted by Crippen LogP contribution is 2.23. The second-order valence-corrected chi connectivity index (χ2v) is 5.88. The Bertz CT molecular complexity index is 769. The number of esters is 1. The van der Waals surface area contributed by atoms with E-state index in [2.05, 4.69) is 15.3 Å². The molecule has 0 saturated heterocycles. The van der Waals surface area contributed by atoms with Gasteiger partial charge in [0.2, 0.25) is 0 Å². The number of nitrogens with zero attached hydrogens (tertiary/aromatic N) is 3. The predicted octanol–water partition coefficient (Wildman–Crippen LogP) is 1.72. The van der Waals surface area contributed by atoms with Crippen molar-refractivity contribution < 1.29 is 14.6 Å². The zero-order valence-corrected chi connectivity index (χ0v) is 14.2. The summed E-state index contributed by atoms with van der Waals surface area (Å²) < 4.78 is 6.96. The fourth-order valence-corrected chi connectivity index (χ4v) is 2.84. The molecule has 2 N–H and O–H groups in total. The molecule has 0 spiro atoms. The number of carbonyl (C=O) groups is 1. The molecular weight excluding hydrogens is 320 g/mol. The van der Waals surface area contributed by atoms with Gasteiger partial charge in [-0.1, -0.05) is 24.3 Å². The summed E-state index contributed by atoms with van der Waals surface area (Å²) in [6.45, 7) is 3.22. The van der Waals surface area contributed by atoms with Crippen molar-refractivity contribution in [2.75, 3.05) is 18.5 Å². The van der Waals surface area contributed by atoms with Gasteiger partial charge in [-0.15, -0.1) is 0 Å². The normalized spacial score (nSPS) is 16.0. The number of aryl methyl sites for hydroxylation is 2. The molecule has 132 valence electrons.